The summed E-state index contributed by atoms with van der Waals surface area (Å²) in [6, 6.07) is 36.4. The minimum absolute atomic E-state index is 0.0986. The number of rotatable bonds is 12. The predicted molar refractivity (Wildman–Crippen MR) is 206 cm³/mol. The first-order valence-electron chi connectivity index (χ1n) is 16.9. The van der Waals surface area contributed by atoms with Crippen molar-refractivity contribution < 1.29 is 9.52 Å². The maximum atomic E-state index is 8.11. The van der Waals surface area contributed by atoms with E-state index in [1.165, 1.54) is 16.7 Å². The lowest BCUT2D eigenvalue weighted by atomic mass is 9.84. The second kappa shape index (κ2) is 16.9. The van der Waals surface area contributed by atoms with E-state index in [9.17, 15) is 0 Å². The van der Waals surface area contributed by atoms with Gasteiger partial charge >= 0.3 is 0 Å². The van der Waals surface area contributed by atoms with Gasteiger partial charge in [-0.05, 0) is 83.8 Å². The molecule has 1 aromatic heterocycles. The summed E-state index contributed by atoms with van der Waals surface area (Å²) >= 11 is 0. The van der Waals surface area contributed by atoms with E-state index in [2.05, 4.69) is 143 Å². The van der Waals surface area contributed by atoms with Crippen LogP contribution in [-0.2, 0) is 11.8 Å². The van der Waals surface area contributed by atoms with Crippen molar-refractivity contribution in [1.82, 2.24) is 4.90 Å². The summed E-state index contributed by atoms with van der Waals surface area (Å²) in [7, 11) is 2.08. The van der Waals surface area contributed by atoms with Crippen LogP contribution < -0.4 is 5.32 Å². The molecule has 0 bridgehead atoms. The van der Waals surface area contributed by atoms with Gasteiger partial charge in [0.25, 0.3) is 0 Å². The van der Waals surface area contributed by atoms with Gasteiger partial charge in [0.1, 0.15) is 11.3 Å². The molecule has 0 aliphatic carbocycles. The first-order valence-corrected chi connectivity index (χ1v) is 16.9. The van der Waals surface area contributed by atoms with Gasteiger partial charge in [-0.1, -0.05) is 120 Å². The van der Waals surface area contributed by atoms with E-state index < -0.39 is 0 Å². The molecule has 0 aliphatic rings. The van der Waals surface area contributed by atoms with Crippen molar-refractivity contribution >= 4 is 22.4 Å². The summed E-state index contributed by atoms with van der Waals surface area (Å²) in [6.45, 7) is 20.8. The molecule has 1 atom stereocenters. The fourth-order valence-electron chi connectivity index (χ4n) is 5.49. The molecule has 4 nitrogen and oxygen atoms in total. The fraction of sp³-hybridized carbons (Fsp3) is 0.273. The lowest BCUT2D eigenvalue weighted by Gasteiger charge is -2.24. The molecule has 250 valence electrons. The number of furan rings is 1. The third kappa shape index (κ3) is 9.62. The van der Waals surface area contributed by atoms with Crippen LogP contribution >= 0.6 is 0 Å². The topological polar surface area (TPSA) is 48.6 Å². The number of aliphatic hydroxyl groups is 1. The highest BCUT2D eigenvalue weighted by molar-refractivity contribution is 5.83. The standard InChI is InChI=1S/C39H42N2O.C5H10O/c1-8-41(7)28(3)30-15-13-29(14-16-30)25-36(31-17-21-34(22-18-31)39(4,5)6)27(2)40-35-23-19-32(20-24-35)38-26-33-11-9-10-12-37(33)42-38;1-2-3-4-5-6/h9-24,26,36,40H,2-3,8,25H2,1,4-7H3;3-4,6H,2,5H2,1H3. The minimum atomic E-state index is 0.0986. The summed E-state index contributed by atoms with van der Waals surface area (Å²) in [4.78, 5) is 2.17. The number of nitrogens with one attached hydrogen (secondary N) is 1. The van der Waals surface area contributed by atoms with Crippen molar-refractivity contribution in [1.29, 1.82) is 0 Å². The summed E-state index contributed by atoms with van der Waals surface area (Å²) in [5.74, 6) is 0.969. The molecule has 5 aromatic rings. The molecular weight excluding hydrogens is 588 g/mol. The molecule has 4 heteroatoms. The lowest BCUT2D eigenvalue weighted by Crippen LogP contribution is -2.15. The first kappa shape index (κ1) is 36.0. The average molecular weight is 641 g/mol. The number of hydrogen-bond donors (Lipinski definition) is 2. The molecule has 0 radical (unpaired) electrons. The molecule has 0 spiro atoms. The molecule has 0 saturated heterocycles. The van der Waals surface area contributed by atoms with E-state index >= 15 is 0 Å². The van der Waals surface area contributed by atoms with Crippen LogP contribution in [0.5, 0.6) is 0 Å². The molecule has 2 N–H and O–H groups in total. The van der Waals surface area contributed by atoms with Gasteiger partial charge in [0, 0.05) is 47.5 Å². The van der Waals surface area contributed by atoms with Crippen LogP contribution in [0.2, 0.25) is 0 Å². The zero-order valence-electron chi connectivity index (χ0n) is 29.6. The van der Waals surface area contributed by atoms with Crippen LogP contribution in [0, 0.1) is 0 Å². The van der Waals surface area contributed by atoms with Gasteiger partial charge < -0.3 is 19.7 Å². The molecular formula is C44H52N2O2. The molecule has 1 unspecified atom stereocenters. The van der Waals surface area contributed by atoms with E-state index in [-0.39, 0.29) is 17.9 Å². The number of aliphatic hydroxyl groups excluding tert-OH is 1. The van der Waals surface area contributed by atoms with Gasteiger partial charge in [-0.2, -0.15) is 0 Å². The third-order valence-corrected chi connectivity index (χ3v) is 8.67. The Labute approximate surface area is 288 Å². The van der Waals surface area contributed by atoms with Gasteiger partial charge in [-0.25, -0.2) is 0 Å². The van der Waals surface area contributed by atoms with Gasteiger partial charge in [0.05, 0.1) is 6.61 Å². The van der Waals surface area contributed by atoms with Crippen molar-refractivity contribution in [3.8, 4) is 11.3 Å². The summed E-state index contributed by atoms with van der Waals surface area (Å²) < 4.78 is 6.07. The number of allylic oxidation sites excluding steroid dienone is 2. The Kier molecular flexibility index (Phi) is 12.7. The van der Waals surface area contributed by atoms with Gasteiger partial charge in [0.2, 0.25) is 0 Å². The van der Waals surface area contributed by atoms with E-state index in [1.54, 1.807) is 6.08 Å². The van der Waals surface area contributed by atoms with Crippen LogP contribution in [0.4, 0.5) is 5.69 Å². The quantitative estimate of drug-likeness (QED) is 0.133. The largest absolute Gasteiger partial charge is 0.456 e. The second-order valence-electron chi connectivity index (χ2n) is 13.2. The van der Waals surface area contributed by atoms with Crippen molar-refractivity contribution in [3.05, 3.63) is 156 Å². The van der Waals surface area contributed by atoms with E-state index in [1.807, 2.05) is 31.2 Å². The number of para-hydroxylation sites is 1. The number of hydrogen-bond acceptors (Lipinski definition) is 4. The Morgan fingerprint density at radius 2 is 1.54 bits per heavy atom. The number of benzene rings is 4. The smallest absolute Gasteiger partial charge is 0.135 e. The van der Waals surface area contributed by atoms with Gasteiger partial charge in [-0.15, -0.1) is 0 Å². The Morgan fingerprint density at radius 3 is 2.10 bits per heavy atom. The van der Waals surface area contributed by atoms with Crippen LogP contribution in [-0.4, -0.2) is 30.2 Å². The minimum Gasteiger partial charge on any atom is -0.456 e. The summed E-state index contributed by atoms with van der Waals surface area (Å²) in [5.41, 5.74) is 10.1. The Balaban J connectivity index is 0.000000794. The molecule has 0 fully saturated rings. The third-order valence-electron chi connectivity index (χ3n) is 8.67. The van der Waals surface area contributed by atoms with E-state index in [0.29, 0.717) is 0 Å². The monoisotopic (exact) mass is 640 g/mol. The predicted octanol–water partition coefficient (Wildman–Crippen LogP) is 11.2. The zero-order valence-corrected chi connectivity index (χ0v) is 29.6. The number of nitrogens with zero attached hydrogens (tertiary/aromatic N) is 1. The normalized spacial score (nSPS) is 12.0. The maximum Gasteiger partial charge on any atom is 0.135 e. The average Bonchev–Trinajstić information content (AvgIpc) is 3.54. The van der Waals surface area contributed by atoms with Crippen LogP contribution in [0.25, 0.3) is 28.0 Å². The Morgan fingerprint density at radius 1 is 0.875 bits per heavy atom. The molecule has 0 aliphatic heterocycles. The second-order valence-corrected chi connectivity index (χ2v) is 13.2. The fourth-order valence-corrected chi connectivity index (χ4v) is 5.49. The molecule has 48 heavy (non-hydrogen) atoms. The first-order chi connectivity index (χ1) is 23.0. The van der Waals surface area contributed by atoms with E-state index in [0.717, 1.165) is 64.3 Å². The summed E-state index contributed by atoms with van der Waals surface area (Å²) in [5, 5.41) is 12.8. The zero-order chi connectivity index (χ0) is 34.7. The van der Waals surface area contributed by atoms with Gasteiger partial charge in [0.15, 0.2) is 0 Å². The van der Waals surface area contributed by atoms with Crippen molar-refractivity contribution in [2.45, 2.75) is 58.8 Å². The lowest BCUT2D eigenvalue weighted by molar-refractivity contribution is 0.342. The Hall–Kier alpha value is -4.80. The number of anilines is 1. The van der Waals surface area contributed by atoms with Crippen molar-refractivity contribution in [3.63, 3.8) is 0 Å². The van der Waals surface area contributed by atoms with Crippen LogP contribution in [0.3, 0.4) is 0 Å². The molecule has 1 heterocycles. The van der Waals surface area contributed by atoms with E-state index in [4.69, 9.17) is 9.52 Å². The maximum absolute atomic E-state index is 8.11. The highest BCUT2D eigenvalue weighted by Crippen LogP contribution is 2.33. The SMILES string of the molecule is C=C(Nc1ccc(-c2cc3ccccc3o2)cc1)C(Cc1ccc(C(=C)N(C)CC)cc1)c1ccc(C(C)(C)C)cc1.CCC=CCO. The van der Waals surface area contributed by atoms with Crippen LogP contribution in [0.1, 0.15) is 69.2 Å². The van der Waals surface area contributed by atoms with Crippen LogP contribution in [0.15, 0.2) is 139 Å². The Bertz CT molecular complexity index is 1750. The van der Waals surface area contributed by atoms with Gasteiger partial charge in [-0.3, -0.25) is 0 Å². The molecule has 0 saturated carbocycles. The highest BCUT2D eigenvalue weighted by atomic mass is 16.3. The summed E-state index contributed by atoms with van der Waals surface area (Å²) in [6.07, 6.45) is 5.52. The highest BCUT2D eigenvalue weighted by Gasteiger charge is 2.19. The molecule has 4 aromatic carbocycles. The number of fused-ring (bicyclic) bond motifs is 1. The molecule has 5 rings (SSSR count). The van der Waals surface area contributed by atoms with Crippen molar-refractivity contribution in [2.75, 3.05) is 25.5 Å². The molecule has 0 amide bonds. The van der Waals surface area contributed by atoms with Crippen molar-refractivity contribution in [2.24, 2.45) is 0 Å².